The molecular weight excluding hydrogens is 480 g/mol. The minimum Gasteiger partial charge on any atom is -0.325 e. The number of anilines is 2. The first-order chi connectivity index (χ1) is 16.0. The summed E-state index contributed by atoms with van der Waals surface area (Å²) in [6, 6.07) is 26.2. The Morgan fingerprint density at radius 1 is 0.879 bits per heavy atom. The number of halogens is 1. The van der Waals surface area contributed by atoms with Crippen molar-refractivity contribution in [1.82, 2.24) is 0 Å². The number of nitriles is 2. The van der Waals surface area contributed by atoms with Crippen LogP contribution in [0.5, 0.6) is 0 Å². The van der Waals surface area contributed by atoms with Crippen LogP contribution in [0.3, 0.4) is 0 Å². The van der Waals surface area contributed by atoms with E-state index in [0.29, 0.717) is 22.5 Å². The number of rotatable bonds is 2. The molecular formula is C26H15BrN4O2. The number of nitrogens with zero attached hydrogens (tertiary/aromatic N) is 3. The van der Waals surface area contributed by atoms with Gasteiger partial charge in [-0.15, -0.1) is 0 Å². The third kappa shape index (κ3) is 1.94. The molecule has 1 saturated carbocycles. The van der Waals surface area contributed by atoms with Crippen LogP contribution in [0.1, 0.15) is 16.7 Å². The molecule has 0 radical (unpaired) electrons. The Labute approximate surface area is 198 Å². The molecule has 3 aliphatic rings. The molecule has 1 fully saturated rings. The second kappa shape index (κ2) is 6.31. The fourth-order valence-corrected chi connectivity index (χ4v) is 6.41. The van der Waals surface area contributed by atoms with Crippen molar-refractivity contribution in [3.63, 3.8) is 0 Å². The van der Waals surface area contributed by atoms with Crippen LogP contribution in [-0.2, 0) is 27.0 Å². The van der Waals surface area contributed by atoms with Crippen molar-refractivity contribution in [2.75, 3.05) is 10.2 Å². The zero-order chi connectivity index (χ0) is 23.0. The number of amides is 2. The highest BCUT2D eigenvalue weighted by molar-refractivity contribution is 9.10. The van der Waals surface area contributed by atoms with E-state index in [1.807, 2.05) is 42.5 Å². The molecule has 2 atom stereocenters. The Morgan fingerprint density at radius 3 is 2.30 bits per heavy atom. The normalized spacial score (nSPS) is 25.4. The lowest BCUT2D eigenvalue weighted by Crippen LogP contribution is -2.38. The molecule has 3 aromatic rings. The lowest BCUT2D eigenvalue weighted by molar-refractivity contribution is -0.124. The maximum Gasteiger partial charge on any atom is 0.242 e. The van der Waals surface area contributed by atoms with Gasteiger partial charge in [0.05, 0.1) is 18.7 Å². The van der Waals surface area contributed by atoms with Crippen LogP contribution in [0.25, 0.3) is 0 Å². The Kier molecular flexibility index (Phi) is 3.77. The van der Waals surface area contributed by atoms with Gasteiger partial charge in [0.25, 0.3) is 0 Å². The quantitative estimate of drug-likeness (QED) is 0.577. The second-order valence-corrected chi connectivity index (χ2v) is 9.43. The predicted molar refractivity (Wildman–Crippen MR) is 124 cm³/mol. The van der Waals surface area contributed by atoms with Crippen molar-refractivity contribution in [2.45, 2.75) is 17.4 Å². The van der Waals surface area contributed by atoms with Gasteiger partial charge in [0.1, 0.15) is 10.8 Å². The molecule has 33 heavy (non-hydrogen) atoms. The van der Waals surface area contributed by atoms with E-state index in [1.54, 1.807) is 35.2 Å². The lowest BCUT2D eigenvalue weighted by Gasteiger charge is -2.19. The topological polar surface area (TPSA) is 97.0 Å². The van der Waals surface area contributed by atoms with Crippen molar-refractivity contribution in [3.8, 4) is 12.1 Å². The molecule has 0 unspecified atom stereocenters. The minimum atomic E-state index is -1.87. The van der Waals surface area contributed by atoms with Crippen LogP contribution < -0.4 is 10.2 Å². The van der Waals surface area contributed by atoms with Crippen molar-refractivity contribution >= 4 is 39.1 Å². The van der Waals surface area contributed by atoms with Gasteiger partial charge in [0, 0.05) is 15.8 Å². The number of hydrogen-bond acceptors (Lipinski definition) is 4. The summed E-state index contributed by atoms with van der Waals surface area (Å²) in [7, 11) is 0. The average Bonchev–Trinajstić information content (AvgIpc) is 3.15. The summed E-state index contributed by atoms with van der Waals surface area (Å²) in [5.41, 5.74) is -2.04. The Bertz CT molecular complexity index is 1460. The van der Waals surface area contributed by atoms with Gasteiger partial charge in [-0.2, -0.15) is 10.5 Å². The van der Waals surface area contributed by atoms with Crippen molar-refractivity contribution in [3.05, 3.63) is 94.0 Å². The highest BCUT2D eigenvalue weighted by Gasteiger charge is 3.00. The summed E-state index contributed by atoms with van der Waals surface area (Å²) in [4.78, 5) is 29.5. The Morgan fingerprint density at radius 2 is 1.58 bits per heavy atom. The molecule has 6 rings (SSSR count). The van der Waals surface area contributed by atoms with Crippen LogP contribution in [0.15, 0.2) is 77.3 Å². The molecule has 158 valence electrons. The van der Waals surface area contributed by atoms with Gasteiger partial charge < -0.3 is 10.2 Å². The Hall–Kier alpha value is -3.94. The average molecular weight is 495 g/mol. The minimum absolute atomic E-state index is 0.274. The number of para-hydroxylation sites is 1. The van der Waals surface area contributed by atoms with Gasteiger partial charge in [-0.05, 0) is 34.9 Å². The zero-order valence-corrected chi connectivity index (χ0v) is 18.8. The monoisotopic (exact) mass is 494 g/mol. The molecule has 2 aliphatic heterocycles. The maximum atomic E-state index is 14.3. The first-order valence-corrected chi connectivity index (χ1v) is 11.2. The standard InChI is InChI=1S/C26H15BrN4O2/c27-17-10-11-18-20(12-17)30-22(32)25(18)24(14-28,15-29)26(25)19-8-4-5-9-21(19)31(23(26)33)13-16-6-2-1-3-7-16/h1-12H,13H2,(H,30,32)/t25-,26-/m1/s1. The third-order valence-corrected chi connectivity index (χ3v) is 7.78. The smallest absolute Gasteiger partial charge is 0.242 e. The summed E-state index contributed by atoms with van der Waals surface area (Å²) in [6.45, 7) is 0.274. The molecule has 2 heterocycles. The summed E-state index contributed by atoms with van der Waals surface area (Å²) in [5.74, 6) is -0.898. The van der Waals surface area contributed by atoms with Gasteiger partial charge in [-0.25, -0.2) is 0 Å². The van der Waals surface area contributed by atoms with E-state index >= 15 is 0 Å². The van der Waals surface area contributed by atoms with Gasteiger partial charge in [0.2, 0.25) is 11.8 Å². The molecule has 1 aliphatic carbocycles. The van der Waals surface area contributed by atoms with Crippen LogP contribution in [0.2, 0.25) is 0 Å². The first-order valence-electron chi connectivity index (χ1n) is 10.4. The molecule has 2 amide bonds. The lowest BCUT2D eigenvalue weighted by atomic mass is 9.83. The third-order valence-electron chi connectivity index (χ3n) is 7.28. The number of benzene rings is 3. The van der Waals surface area contributed by atoms with E-state index in [2.05, 4.69) is 33.4 Å². The van der Waals surface area contributed by atoms with Crippen LogP contribution in [0, 0.1) is 28.1 Å². The van der Waals surface area contributed by atoms with Crippen LogP contribution >= 0.6 is 15.9 Å². The van der Waals surface area contributed by atoms with E-state index in [4.69, 9.17) is 0 Å². The molecule has 7 heteroatoms. The van der Waals surface area contributed by atoms with E-state index in [-0.39, 0.29) is 6.54 Å². The number of carbonyl (C=O) groups excluding carboxylic acids is 2. The van der Waals surface area contributed by atoms with Crippen LogP contribution in [0.4, 0.5) is 11.4 Å². The fourth-order valence-electron chi connectivity index (χ4n) is 6.05. The zero-order valence-electron chi connectivity index (χ0n) is 17.2. The maximum absolute atomic E-state index is 14.3. The molecule has 1 N–H and O–H groups in total. The van der Waals surface area contributed by atoms with E-state index in [0.717, 1.165) is 10.0 Å². The highest BCUT2D eigenvalue weighted by Crippen LogP contribution is 2.83. The summed E-state index contributed by atoms with van der Waals surface area (Å²) in [6.07, 6.45) is 0. The number of nitrogens with one attached hydrogen (secondary N) is 1. The highest BCUT2D eigenvalue weighted by atomic mass is 79.9. The van der Waals surface area contributed by atoms with Gasteiger partial charge in [-0.1, -0.05) is 70.5 Å². The second-order valence-electron chi connectivity index (χ2n) is 8.51. The number of carbonyl (C=O) groups is 2. The van der Waals surface area contributed by atoms with E-state index in [9.17, 15) is 20.1 Å². The SMILES string of the molecule is N#CC1(C#N)[C@@]2(C(=O)Nc3cc(Br)ccc32)[C@]12C(=O)N(Cc1ccccc1)c1ccccc12. The van der Waals surface area contributed by atoms with Crippen molar-refractivity contribution in [1.29, 1.82) is 10.5 Å². The molecule has 0 aromatic heterocycles. The molecule has 0 bridgehead atoms. The molecule has 3 aromatic carbocycles. The molecule has 2 spiro atoms. The number of fused-ring (bicyclic) bond motifs is 5. The van der Waals surface area contributed by atoms with Crippen molar-refractivity contribution < 1.29 is 9.59 Å². The molecule has 6 nitrogen and oxygen atoms in total. The summed E-state index contributed by atoms with van der Waals surface area (Å²) < 4.78 is 0.747. The van der Waals surface area contributed by atoms with E-state index in [1.165, 1.54) is 0 Å². The van der Waals surface area contributed by atoms with Crippen LogP contribution in [-0.4, -0.2) is 11.8 Å². The van der Waals surface area contributed by atoms with Crippen molar-refractivity contribution in [2.24, 2.45) is 5.41 Å². The van der Waals surface area contributed by atoms with E-state index < -0.39 is 28.1 Å². The number of hydrogen-bond donors (Lipinski definition) is 1. The Balaban J connectivity index is 1.65. The van der Waals surface area contributed by atoms with Gasteiger partial charge in [-0.3, -0.25) is 9.59 Å². The summed E-state index contributed by atoms with van der Waals surface area (Å²) in [5, 5.41) is 23.6. The van der Waals surface area contributed by atoms with Gasteiger partial charge in [0.15, 0.2) is 5.41 Å². The fraction of sp³-hybridized carbons (Fsp3) is 0.154. The first kappa shape index (κ1) is 19.7. The van der Waals surface area contributed by atoms with Gasteiger partial charge >= 0.3 is 0 Å². The predicted octanol–water partition coefficient (Wildman–Crippen LogP) is 4.17. The summed E-state index contributed by atoms with van der Waals surface area (Å²) >= 11 is 3.41. The molecule has 0 saturated heterocycles. The largest absolute Gasteiger partial charge is 0.325 e.